The molecule has 0 fully saturated rings. The van der Waals surface area contributed by atoms with Gasteiger partial charge < -0.3 is 5.32 Å². The number of benzene rings is 2. The van der Waals surface area contributed by atoms with Crippen LogP contribution in [0.5, 0.6) is 0 Å². The highest BCUT2D eigenvalue weighted by Gasteiger charge is 2.29. The van der Waals surface area contributed by atoms with Crippen LogP contribution in [-0.2, 0) is 0 Å². The van der Waals surface area contributed by atoms with Gasteiger partial charge in [-0.2, -0.15) is 13.2 Å². The number of alkyl halides is 3. The molecule has 0 amide bonds. The predicted molar refractivity (Wildman–Crippen MR) is 132 cm³/mol. The third kappa shape index (κ3) is 7.96. The first-order valence-electron chi connectivity index (χ1n) is 9.56. The van der Waals surface area contributed by atoms with Crippen LogP contribution in [0.1, 0.15) is 19.4 Å². The largest absolute Gasteiger partial charge is 0.446 e. The Balaban J connectivity index is 0.00000166. The first-order valence-corrected chi connectivity index (χ1v) is 12.0. The molecule has 2 nitrogen and oxygen atoms in total. The fourth-order valence-corrected chi connectivity index (χ4v) is 4.59. The van der Waals surface area contributed by atoms with Crippen LogP contribution in [0.25, 0.3) is 16.1 Å². The van der Waals surface area contributed by atoms with Crippen molar-refractivity contribution in [3.05, 3.63) is 72.1 Å². The summed E-state index contributed by atoms with van der Waals surface area (Å²) in [5.74, 6) is 0. The maximum absolute atomic E-state index is 12.5. The van der Waals surface area contributed by atoms with Crippen LogP contribution in [0.3, 0.4) is 0 Å². The summed E-state index contributed by atoms with van der Waals surface area (Å²) >= 11 is 3.12. The van der Waals surface area contributed by atoms with Crippen LogP contribution in [0.2, 0.25) is 0 Å². The molecule has 2 aromatic carbocycles. The van der Waals surface area contributed by atoms with Crippen molar-refractivity contribution < 1.29 is 13.2 Å². The Bertz CT molecular complexity index is 967. The van der Waals surface area contributed by atoms with Gasteiger partial charge in [0.2, 0.25) is 0 Å². The van der Waals surface area contributed by atoms with Gasteiger partial charge in [0.15, 0.2) is 0 Å². The highest BCUT2D eigenvalue weighted by atomic mass is 32.2. The van der Waals surface area contributed by atoms with E-state index in [0.29, 0.717) is 5.70 Å². The molecule has 0 spiro atoms. The summed E-state index contributed by atoms with van der Waals surface area (Å²) in [6, 6.07) is 16.5. The Morgan fingerprint density at radius 2 is 1.71 bits per heavy atom. The number of rotatable bonds is 7. The van der Waals surface area contributed by atoms with Crippen molar-refractivity contribution in [1.29, 1.82) is 0 Å². The zero-order valence-corrected chi connectivity index (χ0v) is 20.2. The highest BCUT2D eigenvalue weighted by Crippen LogP contribution is 2.38. The van der Waals surface area contributed by atoms with Crippen molar-refractivity contribution >= 4 is 46.4 Å². The lowest BCUT2D eigenvalue weighted by Gasteiger charge is -2.17. The number of nitrogens with one attached hydrogen (secondary N) is 1. The third-order valence-corrected chi connectivity index (χ3v) is 6.36. The molecule has 0 unspecified atom stereocenters. The fraction of sp³-hybridized carbons (Fsp3) is 0.217. The van der Waals surface area contributed by atoms with E-state index in [9.17, 15) is 13.2 Å². The molecule has 0 saturated heterocycles. The Labute approximate surface area is 194 Å². The molecular weight excluding hydrogens is 457 g/mol. The SMILES string of the molecule is C=C(Nc1cc(-c2cccs2)ccc1SN(C)C)c1ccc(SC(F)(F)F)cc1.CC. The average Bonchev–Trinajstić information content (AvgIpc) is 3.24. The van der Waals surface area contributed by atoms with Crippen LogP contribution in [0, 0.1) is 0 Å². The smallest absolute Gasteiger partial charge is 0.355 e. The van der Waals surface area contributed by atoms with Gasteiger partial charge in [0.05, 0.1) is 5.69 Å². The number of anilines is 1. The Kier molecular flexibility index (Phi) is 9.55. The summed E-state index contributed by atoms with van der Waals surface area (Å²) in [7, 11) is 3.93. The number of hydrogen-bond acceptors (Lipinski definition) is 5. The van der Waals surface area contributed by atoms with Crippen molar-refractivity contribution in [3.8, 4) is 10.4 Å². The van der Waals surface area contributed by atoms with Gasteiger partial charge in [0, 0.05) is 20.4 Å². The van der Waals surface area contributed by atoms with Crippen molar-refractivity contribution in [2.45, 2.75) is 29.1 Å². The molecule has 1 heterocycles. The van der Waals surface area contributed by atoms with Crippen LogP contribution in [-0.4, -0.2) is 23.9 Å². The average molecular weight is 483 g/mol. The van der Waals surface area contributed by atoms with Crippen LogP contribution >= 0.6 is 35.0 Å². The van der Waals surface area contributed by atoms with Crippen molar-refractivity contribution in [2.75, 3.05) is 19.4 Å². The predicted octanol–water partition coefficient (Wildman–Crippen LogP) is 8.70. The zero-order valence-electron chi connectivity index (χ0n) is 17.8. The number of halogens is 3. The molecular formula is C23H25F3N2S3. The summed E-state index contributed by atoms with van der Waals surface area (Å²) in [6.45, 7) is 8.08. The van der Waals surface area contributed by atoms with Gasteiger partial charge in [-0.15, -0.1) is 11.3 Å². The summed E-state index contributed by atoms with van der Waals surface area (Å²) in [6.07, 6.45) is 0. The minimum atomic E-state index is -4.29. The van der Waals surface area contributed by atoms with E-state index in [1.54, 1.807) is 35.4 Å². The number of thioether (sulfide) groups is 1. The molecule has 0 saturated carbocycles. The van der Waals surface area contributed by atoms with Crippen molar-refractivity contribution in [1.82, 2.24) is 4.31 Å². The summed E-state index contributed by atoms with van der Waals surface area (Å²) < 4.78 is 39.6. The van der Waals surface area contributed by atoms with Crippen LogP contribution in [0.15, 0.2) is 76.3 Å². The highest BCUT2D eigenvalue weighted by molar-refractivity contribution is 8.00. The molecule has 31 heavy (non-hydrogen) atoms. The summed E-state index contributed by atoms with van der Waals surface area (Å²) in [5.41, 5.74) is -0.947. The van der Waals surface area contributed by atoms with E-state index in [2.05, 4.69) is 36.2 Å². The van der Waals surface area contributed by atoms with Crippen LogP contribution < -0.4 is 5.32 Å². The Hall–Kier alpha value is -1.87. The molecule has 166 valence electrons. The lowest BCUT2D eigenvalue weighted by Crippen LogP contribution is -2.03. The summed E-state index contributed by atoms with van der Waals surface area (Å²) in [4.78, 5) is 2.34. The van der Waals surface area contributed by atoms with E-state index in [0.717, 1.165) is 26.6 Å². The van der Waals surface area contributed by atoms with Gasteiger partial charge in [0.25, 0.3) is 0 Å². The van der Waals surface area contributed by atoms with Gasteiger partial charge in [-0.3, -0.25) is 4.31 Å². The quantitative estimate of drug-likeness (QED) is 0.267. The molecule has 0 bridgehead atoms. The summed E-state index contributed by atoms with van der Waals surface area (Å²) in [5, 5.41) is 5.37. The zero-order chi connectivity index (χ0) is 23.0. The minimum Gasteiger partial charge on any atom is -0.355 e. The standard InChI is InChI=1S/C21H19F3N2S3.C2H6/c1-14(15-6-9-17(10-7-15)28-21(22,23)24)25-18-13-16(19-5-4-12-27-19)8-11-20(18)29-26(2)3;1-2/h4-13,25H,1H2,2-3H3;1-2H3. The van der Waals surface area contributed by atoms with E-state index >= 15 is 0 Å². The van der Waals surface area contributed by atoms with E-state index in [4.69, 9.17) is 0 Å². The van der Waals surface area contributed by atoms with E-state index in [-0.39, 0.29) is 16.7 Å². The third-order valence-electron chi connectivity index (χ3n) is 3.79. The number of thiophene rings is 1. The Morgan fingerprint density at radius 3 is 2.26 bits per heavy atom. The molecule has 0 atom stereocenters. The monoisotopic (exact) mass is 482 g/mol. The normalized spacial score (nSPS) is 11.1. The van der Waals surface area contributed by atoms with Gasteiger partial charge >= 0.3 is 5.51 Å². The number of nitrogens with zero attached hydrogens (tertiary/aromatic N) is 1. The number of hydrogen-bond donors (Lipinski definition) is 1. The second kappa shape index (κ2) is 11.7. The topological polar surface area (TPSA) is 15.3 Å². The maximum Gasteiger partial charge on any atom is 0.446 e. The molecule has 0 aliphatic heterocycles. The minimum absolute atomic E-state index is 0.123. The van der Waals surface area contributed by atoms with E-state index < -0.39 is 5.51 Å². The molecule has 0 aliphatic rings. The second-order valence-electron chi connectivity index (χ2n) is 6.27. The second-order valence-corrected chi connectivity index (χ2v) is 9.71. The van der Waals surface area contributed by atoms with Gasteiger partial charge in [-0.1, -0.05) is 44.7 Å². The molecule has 1 aromatic heterocycles. The maximum atomic E-state index is 12.5. The first-order chi connectivity index (χ1) is 14.7. The molecule has 1 N–H and O–H groups in total. The molecule has 0 radical (unpaired) electrons. The van der Waals surface area contributed by atoms with E-state index in [1.807, 2.05) is 43.7 Å². The van der Waals surface area contributed by atoms with Crippen molar-refractivity contribution in [3.63, 3.8) is 0 Å². The molecule has 8 heteroatoms. The lowest BCUT2D eigenvalue weighted by atomic mass is 10.1. The molecule has 0 aliphatic carbocycles. The van der Waals surface area contributed by atoms with E-state index in [1.165, 1.54) is 12.1 Å². The first kappa shape index (κ1) is 25.4. The van der Waals surface area contributed by atoms with Gasteiger partial charge in [0.1, 0.15) is 0 Å². The Morgan fingerprint density at radius 1 is 1.03 bits per heavy atom. The lowest BCUT2D eigenvalue weighted by molar-refractivity contribution is -0.0328. The van der Waals surface area contributed by atoms with Crippen molar-refractivity contribution in [2.24, 2.45) is 0 Å². The van der Waals surface area contributed by atoms with Gasteiger partial charge in [-0.05, 0) is 84.6 Å². The van der Waals surface area contributed by atoms with Gasteiger partial charge in [-0.25, -0.2) is 0 Å². The molecule has 3 aromatic rings. The molecule has 3 rings (SSSR count). The fourth-order valence-electron chi connectivity index (χ4n) is 2.59. The van der Waals surface area contributed by atoms with Crippen LogP contribution in [0.4, 0.5) is 18.9 Å².